The van der Waals surface area contributed by atoms with Crippen LogP contribution < -0.4 is 5.32 Å². The summed E-state index contributed by atoms with van der Waals surface area (Å²) in [7, 11) is 0. The van der Waals surface area contributed by atoms with Crippen molar-refractivity contribution in [1.29, 1.82) is 0 Å². The Bertz CT molecular complexity index is 128. The van der Waals surface area contributed by atoms with Gasteiger partial charge in [0.25, 0.3) is 0 Å². The number of rotatable bonds is 4. The number of hydrogen-bond donors (Lipinski definition) is 2. The van der Waals surface area contributed by atoms with Crippen molar-refractivity contribution in [3.63, 3.8) is 0 Å². The van der Waals surface area contributed by atoms with Crippen LogP contribution in [0.4, 0.5) is 0 Å². The van der Waals surface area contributed by atoms with Gasteiger partial charge in [-0.05, 0) is 12.8 Å². The topological polar surface area (TPSA) is 32.3 Å². The Morgan fingerprint density at radius 2 is 1.92 bits per heavy atom. The molecule has 1 aliphatic carbocycles. The second kappa shape index (κ2) is 6.21. The van der Waals surface area contributed by atoms with Crippen molar-refractivity contribution in [2.45, 2.75) is 38.1 Å². The van der Waals surface area contributed by atoms with Gasteiger partial charge in [-0.25, -0.2) is 0 Å². The van der Waals surface area contributed by atoms with Crippen molar-refractivity contribution in [3.8, 4) is 0 Å². The van der Waals surface area contributed by atoms with Crippen molar-refractivity contribution in [1.82, 2.24) is 5.32 Å². The third kappa shape index (κ3) is 3.88. The van der Waals surface area contributed by atoms with E-state index in [4.69, 9.17) is 5.11 Å². The van der Waals surface area contributed by atoms with E-state index in [1.54, 1.807) is 6.08 Å². The molecule has 0 bridgehead atoms. The van der Waals surface area contributed by atoms with Crippen LogP contribution in [0.5, 0.6) is 0 Å². The summed E-state index contributed by atoms with van der Waals surface area (Å²) < 4.78 is 0. The lowest BCUT2D eigenvalue weighted by Crippen LogP contribution is -2.30. The molecule has 1 aliphatic rings. The van der Waals surface area contributed by atoms with E-state index in [2.05, 4.69) is 5.32 Å². The molecule has 0 radical (unpaired) electrons. The fraction of sp³-hybridized carbons (Fsp3) is 0.800. The standard InChI is InChI=1S/C10H19NO/c12-9-5-4-8-11-10-6-2-1-3-7-10/h4-5,10-12H,1-3,6-9H2/b5-4+. The van der Waals surface area contributed by atoms with Gasteiger partial charge >= 0.3 is 0 Å². The van der Waals surface area contributed by atoms with Gasteiger partial charge in [0.15, 0.2) is 0 Å². The molecule has 0 aromatic heterocycles. The second-order valence-corrected chi connectivity index (χ2v) is 3.40. The molecule has 0 heterocycles. The van der Waals surface area contributed by atoms with Gasteiger partial charge in [-0.1, -0.05) is 31.4 Å². The molecule has 12 heavy (non-hydrogen) atoms. The van der Waals surface area contributed by atoms with Crippen LogP contribution in [0.2, 0.25) is 0 Å². The third-order valence-electron chi connectivity index (χ3n) is 2.40. The molecule has 2 nitrogen and oxygen atoms in total. The van der Waals surface area contributed by atoms with Gasteiger partial charge in [-0.3, -0.25) is 0 Å². The molecule has 70 valence electrons. The quantitative estimate of drug-likeness (QED) is 0.624. The Balaban J connectivity index is 2.01. The summed E-state index contributed by atoms with van der Waals surface area (Å²) in [6, 6.07) is 0.724. The molecule has 0 amide bonds. The van der Waals surface area contributed by atoms with Gasteiger partial charge in [0.2, 0.25) is 0 Å². The Kier molecular flexibility index (Phi) is 5.04. The average Bonchev–Trinajstić information content (AvgIpc) is 2.14. The lowest BCUT2D eigenvalue weighted by molar-refractivity contribution is 0.341. The van der Waals surface area contributed by atoms with E-state index in [1.165, 1.54) is 32.1 Å². The minimum Gasteiger partial charge on any atom is -0.392 e. The maximum atomic E-state index is 8.49. The van der Waals surface area contributed by atoms with E-state index < -0.39 is 0 Å². The molecule has 0 unspecified atom stereocenters. The van der Waals surface area contributed by atoms with Crippen LogP contribution in [0.1, 0.15) is 32.1 Å². The first-order valence-electron chi connectivity index (χ1n) is 4.92. The van der Waals surface area contributed by atoms with Crippen LogP contribution in [0.3, 0.4) is 0 Å². The summed E-state index contributed by atoms with van der Waals surface area (Å²) in [5.74, 6) is 0. The Morgan fingerprint density at radius 3 is 2.58 bits per heavy atom. The summed E-state index contributed by atoms with van der Waals surface area (Å²) in [4.78, 5) is 0. The van der Waals surface area contributed by atoms with Crippen LogP contribution in [-0.2, 0) is 0 Å². The fourth-order valence-corrected chi connectivity index (χ4v) is 1.70. The molecule has 1 fully saturated rings. The highest BCUT2D eigenvalue weighted by molar-refractivity contribution is 4.85. The van der Waals surface area contributed by atoms with Crippen LogP contribution in [0.25, 0.3) is 0 Å². The summed E-state index contributed by atoms with van der Waals surface area (Å²) in [6.45, 7) is 1.07. The Hall–Kier alpha value is -0.340. The molecule has 2 N–H and O–H groups in total. The first kappa shape index (κ1) is 9.75. The SMILES string of the molecule is OC/C=C/CNC1CCCCC1. The normalized spacial score (nSPS) is 20.4. The first-order valence-corrected chi connectivity index (χ1v) is 4.92. The van der Waals surface area contributed by atoms with Gasteiger partial charge in [0.1, 0.15) is 0 Å². The predicted octanol–water partition coefficient (Wildman–Crippen LogP) is 1.46. The summed E-state index contributed by atoms with van der Waals surface area (Å²) in [5.41, 5.74) is 0. The van der Waals surface area contributed by atoms with Crippen molar-refractivity contribution >= 4 is 0 Å². The summed E-state index contributed by atoms with van der Waals surface area (Å²) in [5, 5.41) is 11.9. The molecular formula is C10H19NO. The molecule has 0 aliphatic heterocycles. The van der Waals surface area contributed by atoms with Gasteiger partial charge in [0.05, 0.1) is 6.61 Å². The van der Waals surface area contributed by atoms with E-state index in [1.807, 2.05) is 6.08 Å². The van der Waals surface area contributed by atoms with E-state index >= 15 is 0 Å². The molecule has 2 heteroatoms. The number of aliphatic hydroxyl groups is 1. The molecular weight excluding hydrogens is 150 g/mol. The number of hydrogen-bond acceptors (Lipinski definition) is 2. The van der Waals surface area contributed by atoms with Crippen molar-refractivity contribution in [2.24, 2.45) is 0 Å². The Morgan fingerprint density at radius 1 is 1.17 bits per heavy atom. The van der Waals surface area contributed by atoms with E-state index in [-0.39, 0.29) is 6.61 Å². The number of nitrogens with one attached hydrogen (secondary N) is 1. The van der Waals surface area contributed by atoms with Crippen LogP contribution >= 0.6 is 0 Å². The molecule has 1 rings (SSSR count). The van der Waals surface area contributed by atoms with Gasteiger partial charge in [-0.15, -0.1) is 0 Å². The molecule has 1 saturated carbocycles. The van der Waals surface area contributed by atoms with Crippen molar-refractivity contribution in [3.05, 3.63) is 12.2 Å². The third-order valence-corrected chi connectivity index (χ3v) is 2.40. The zero-order valence-corrected chi connectivity index (χ0v) is 7.63. The van der Waals surface area contributed by atoms with Crippen LogP contribution in [-0.4, -0.2) is 24.3 Å². The highest BCUT2D eigenvalue weighted by Gasteiger charge is 2.10. The van der Waals surface area contributed by atoms with E-state index in [0.717, 1.165) is 12.6 Å². The molecule has 0 atom stereocenters. The smallest absolute Gasteiger partial charge is 0.0612 e. The second-order valence-electron chi connectivity index (χ2n) is 3.40. The monoisotopic (exact) mass is 169 g/mol. The first-order chi connectivity index (χ1) is 5.93. The molecule has 0 aromatic carbocycles. The van der Waals surface area contributed by atoms with E-state index in [0.29, 0.717) is 0 Å². The average molecular weight is 169 g/mol. The van der Waals surface area contributed by atoms with E-state index in [9.17, 15) is 0 Å². The van der Waals surface area contributed by atoms with Crippen molar-refractivity contribution < 1.29 is 5.11 Å². The lowest BCUT2D eigenvalue weighted by atomic mass is 9.95. The van der Waals surface area contributed by atoms with Crippen molar-refractivity contribution in [2.75, 3.05) is 13.2 Å². The van der Waals surface area contributed by atoms with Gasteiger partial charge in [0, 0.05) is 12.6 Å². The Labute approximate surface area is 74.7 Å². The van der Waals surface area contributed by atoms with Gasteiger partial charge < -0.3 is 10.4 Å². The molecule has 0 spiro atoms. The molecule has 0 saturated heterocycles. The minimum absolute atomic E-state index is 0.159. The maximum Gasteiger partial charge on any atom is 0.0612 e. The zero-order chi connectivity index (χ0) is 8.65. The number of aliphatic hydroxyl groups excluding tert-OH is 1. The fourth-order valence-electron chi connectivity index (χ4n) is 1.70. The largest absolute Gasteiger partial charge is 0.392 e. The highest BCUT2D eigenvalue weighted by Crippen LogP contribution is 2.16. The summed E-state index contributed by atoms with van der Waals surface area (Å²) >= 11 is 0. The zero-order valence-electron chi connectivity index (χ0n) is 7.63. The molecule has 0 aromatic rings. The summed E-state index contributed by atoms with van der Waals surface area (Å²) in [6.07, 6.45) is 10.6. The van der Waals surface area contributed by atoms with Crippen LogP contribution in [0.15, 0.2) is 12.2 Å². The lowest BCUT2D eigenvalue weighted by Gasteiger charge is -2.21. The van der Waals surface area contributed by atoms with Crippen LogP contribution in [0, 0.1) is 0 Å². The minimum atomic E-state index is 0.159. The highest BCUT2D eigenvalue weighted by atomic mass is 16.2. The van der Waals surface area contributed by atoms with Gasteiger partial charge in [-0.2, -0.15) is 0 Å². The maximum absolute atomic E-state index is 8.49. The predicted molar refractivity (Wildman–Crippen MR) is 51.1 cm³/mol.